The van der Waals surface area contributed by atoms with E-state index >= 15 is 0 Å². The summed E-state index contributed by atoms with van der Waals surface area (Å²) >= 11 is 0. The number of aliphatic hydroxyl groups is 4. The van der Waals surface area contributed by atoms with Crippen LogP contribution in [0.2, 0.25) is 0 Å². The summed E-state index contributed by atoms with van der Waals surface area (Å²) in [6.07, 6.45) is 3.97. The zero-order valence-corrected chi connectivity index (χ0v) is 38.8. The first-order chi connectivity index (χ1) is 29.9. The van der Waals surface area contributed by atoms with E-state index in [2.05, 4.69) is 19.9 Å². The summed E-state index contributed by atoms with van der Waals surface area (Å²) in [5.41, 5.74) is -0.386. The van der Waals surface area contributed by atoms with Crippen molar-refractivity contribution < 1.29 is 72.6 Å². The summed E-state index contributed by atoms with van der Waals surface area (Å²) < 4.78 is 63.6. The van der Waals surface area contributed by atoms with Crippen LogP contribution in [0.5, 0.6) is 0 Å². The van der Waals surface area contributed by atoms with Crippen molar-refractivity contribution in [2.75, 3.05) is 20.8 Å². The van der Waals surface area contributed by atoms with Gasteiger partial charge in [-0.2, -0.15) is 0 Å². The molecule has 0 aromatic carbocycles. The fourth-order valence-electron chi connectivity index (χ4n) is 11.0. The normalized spacial score (nSPS) is 47.7. The average Bonchev–Trinajstić information content (AvgIpc) is 3.59. The number of hydrogen-bond acceptors (Lipinski definition) is 15. The number of carbonyl (C=O) groups is 1. The van der Waals surface area contributed by atoms with Crippen LogP contribution in [0.3, 0.4) is 0 Å². The molecule has 0 amide bonds. The number of hydrogen-bond donors (Lipinski definition) is 4. The molecule has 0 aromatic heterocycles. The molecule has 2 bridgehead atoms. The van der Waals surface area contributed by atoms with Crippen molar-refractivity contribution in [3.63, 3.8) is 0 Å². The summed E-state index contributed by atoms with van der Waals surface area (Å²) in [4.78, 5) is 14.4. The van der Waals surface area contributed by atoms with Gasteiger partial charge in [0.05, 0.1) is 67.5 Å². The molecular weight excluding hydrogens is 817 g/mol. The van der Waals surface area contributed by atoms with E-state index in [9.17, 15) is 25.2 Å². The van der Waals surface area contributed by atoms with Crippen molar-refractivity contribution in [3.05, 3.63) is 47.3 Å². The van der Waals surface area contributed by atoms with E-state index in [0.29, 0.717) is 31.3 Å². The van der Waals surface area contributed by atoms with Gasteiger partial charge in [-0.15, -0.1) is 0 Å². The number of ether oxygens (including phenoxy) is 10. The van der Waals surface area contributed by atoms with E-state index in [1.165, 1.54) is 0 Å². The molecule has 0 aromatic rings. The van der Waals surface area contributed by atoms with Crippen LogP contribution in [0.25, 0.3) is 0 Å². The SMILES string of the molecule is CC[C@H](C)[C@H]1O[C@@]2(C[C@@H]3C[C@@H](CC=C(C)[C@@H](O[C@H]4C[C@H](OC)[C@@H](O[C@H]5C[C@H](OC)[C@@H](O)[C@H](C)O5)[C@H](C)O4)[C@@H](C)C=CC=C4OC[C@@H]5[C@H](O)C(C)=C[C@@H](C(=O)O3)[C@]45O)O2)C[C@@H](O)[C@@H]1C. The first kappa shape index (κ1) is 48.7. The third-order valence-electron chi connectivity index (χ3n) is 15.1. The Labute approximate surface area is 373 Å². The minimum Gasteiger partial charge on any atom is -0.494 e. The lowest BCUT2D eigenvalue weighted by Crippen LogP contribution is -2.59. The van der Waals surface area contributed by atoms with Crippen molar-refractivity contribution in [1.29, 1.82) is 0 Å². The predicted molar refractivity (Wildman–Crippen MR) is 228 cm³/mol. The molecule has 21 atom stereocenters. The molecule has 5 fully saturated rings. The molecule has 6 aliphatic heterocycles. The second kappa shape index (κ2) is 19.9. The highest BCUT2D eigenvalue weighted by Gasteiger charge is 2.61. The number of esters is 1. The van der Waals surface area contributed by atoms with Gasteiger partial charge in [-0.3, -0.25) is 4.79 Å². The third kappa shape index (κ3) is 9.92. The van der Waals surface area contributed by atoms with Gasteiger partial charge in [-0.1, -0.05) is 58.4 Å². The monoisotopic (exact) mass is 891 g/mol. The van der Waals surface area contributed by atoms with E-state index in [0.717, 1.165) is 12.0 Å². The topological polar surface area (TPSA) is 190 Å². The molecule has 0 radical (unpaired) electrons. The lowest BCUT2D eigenvalue weighted by molar-refractivity contribution is -0.354. The van der Waals surface area contributed by atoms with Gasteiger partial charge in [0.1, 0.15) is 35.6 Å². The summed E-state index contributed by atoms with van der Waals surface area (Å²) in [5, 5.41) is 45.8. The predicted octanol–water partition coefficient (Wildman–Crippen LogP) is 4.78. The highest BCUT2D eigenvalue weighted by atomic mass is 16.7. The van der Waals surface area contributed by atoms with Crippen LogP contribution in [0.15, 0.2) is 47.3 Å². The van der Waals surface area contributed by atoms with E-state index in [-0.39, 0.29) is 49.1 Å². The van der Waals surface area contributed by atoms with Crippen LogP contribution in [0, 0.1) is 29.6 Å². The van der Waals surface area contributed by atoms with Crippen LogP contribution in [0.1, 0.15) is 100 Å². The Morgan fingerprint density at radius 3 is 2.30 bits per heavy atom. The van der Waals surface area contributed by atoms with Crippen LogP contribution in [-0.4, -0.2) is 144 Å². The van der Waals surface area contributed by atoms with Crippen LogP contribution in [0.4, 0.5) is 0 Å². The summed E-state index contributed by atoms with van der Waals surface area (Å²) in [6, 6.07) is 0. The second-order valence-electron chi connectivity index (χ2n) is 19.5. The largest absolute Gasteiger partial charge is 0.494 e. The lowest BCUT2D eigenvalue weighted by atomic mass is 9.68. The highest BCUT2D eigenvalue weighted by molar-refractivity contribution is 5.78. The van der Waals surface area contributed by atoms with Gasteiger partial charge in [0.15, 0.2) is 18.4 Å². The Morgan fingerprint density at radius 2 is 1.59 bits per heavy atom. The average molecular weight is 891 g/mol. The summed E-state index contributed by atoms with van der Waals surface area (Å²) in [6.45, 7) is 15.7. The number of methoxy groups -OCH3 is 2. The highest BCUT2D eigenvalue weighted by Crippen LogP contribution is 2.50. The molecule has 7 aliphatic rings. The molecule has 1 aliphatic carbocycles. The zero-order chi connectivity index (χ0) is 45.5. The Balaban J connectivity index is 1.19. The van der Waals surface area contributed by atoms with Crippen molar-refractivity contribution >= 4 is 5.97 Å². The number of aliphatic hydroxyl groups excluding tert-OH is 3. The number of rotatable bonds is 8. The van der Waals surface area contributed by atoms with Gasteiger partial charge in [-0.25, -0.2) is 0 Å². The second-order valence-corrected chi connectivity index (χ2v) is 19.5. The van der Waals surface area contributed by atoms with Crippen molar-refractivity contribution in [2.24, 2.45) is 29.6 Å². The Kier molecular flexibility index (Phi) is 15.4. The lowest BCUT2D eigenvalue weighted by Gasteiger charge is -2.52. The van der Waals surface area contributed by atoms with E-state index < -0.39 is 109 Å². The Hall–Kier alpha value is -2.25. The van der Waals surface area contributed by atoms with Gasteiger partial charge in [-0.05, 0) is 57.3 Å². The van der Waals surface area contributed by atoms with Crippen molar-refractivity contribution in [3.8, 4) is 0 Å². The van der Waals surface area contributed by atoms with Crippen molar-refractivity contribution in [2.45, 2.75) is 198 Å². The molecule has 63 heavy (non-hydrogen) atoms. The third-order valence-corrected chi connectivity index (χ3v) is 15.1. The molecule has 1 spiro atoms. The van der Waals surface area contributed by atoms with Crippen LogP contribution < -0.4 is 0 Å². The zero-order valence-electron chi connectivity index (χ0n) is 38.8. The fraction of sp³-hybridized carbons (Fsp3) is 0.812. The smallest absolute Gasteiger partial charge is 0.316 e. The first-order valence-electron chi connectivity index (χ1n) is 23.3. The van der Waals surface area contributed by atoms with Gasteiger partial charge >= 0.3 is 5.97 Å². The van der Waals surface area contributed by atoms with E-state index in [1.807, 2.05) is 33.8 Å². The molecule has 5 saturated heterocycles. The van der Waals surface area contributed by atoms with Gasteiger partial charge in [0, 0.05) is 58.2 Å². The Bertz CT molecular complexity index is 1710. The van der Waals surface area contributed by atoms with Gasteiger partial charge in [0.2, 0.25) is 0 Å². The molecule has 0 saturated carbocycles. The first-order valence-corrected chi connectivity index (χ1v) is 23.3. The van der Waals surface area contributed by atoms with Crippen molar-refractivity contribution in [1.82, 2.24) is 0 Å². The number of allylic oxidation sites excluding steroid dienone is 2. The van der Waals surface area contributed by atoms with E-state index in [1.54, 1.807) is 46.3 Å². The minimum absolute atomic E-state index is 0.0161. The maximum absolute atomic E-state index is 14.4. The molecular formula is C48H74O15. The molecule has 15 heteroatoms. The maximum Gasteiger partial charge on any atom is 0.316 e. The minimum atomic E-state index is -1.87. The molecule has 0 unspecified atom stereocenters. The molecule has 6 heterocycles. The van der Waals surface area contributed by atoms with Gasteiger partial charge < -0.3 is 67.8 Å². The molecule has 15 nitrogen and oxygen atoms in total. The van der Waals surface area contributed by atoms with Gasteiger partial charge in [0.25, 0.3) is 0 Å². The molecule has 4 N–H and O–H groups in total. The fourth-order valence-corrected chi connectivity index (χ4v) is 11.0. The standard InChI is InChI=1S/C48H74O15/c1-11-24(2)44-28(6)35(49)22-47(63-44)21-32-18-31(62-47)16-15-26(4)43(25(3)13-12-14-38-48(53)33(46(52)59-32)17-27(5)41(50)34(48)23-56-38)60-40-20-37(55-10)45(30(8)58-40)61-39-19-36(54-9)42(51)29(7)57-39/h12-15,17,24-25,28-37,39-45,49-51,53H,11,16,18-23H2,1-10H3/t24-,25-,28-,29-,30-,31+,32-,33-,34+,35+,36-,37-,39-,40-,41+,42-,43-,44+,45-,47-,48+/m0/s1. The quantitative estimate of drug-likeness (QED) is 0.192. The van der Waals surface area contributed by atoms with Crippen LogP contribution >= 0.6 is 0 Å². The number of fused-ring (bicyclic) bond motifs is 2. The maximum atomic E-state index is 14.4. The number of carbonyl (C=O) groups excluding carboxylic acids is 1. The van der Waals surface area contributed by atoms with E-state index in [4.69, 9.17) is 47.4 Å². The Morgan fingerprint density at radius 1 is 0.889 bits per heavy atom. The molecule has 7 rings (SSSR count). The van der Waals surface area contributed by atoms with Crippen LogP contribution in [-0.2, 0) is 52.2 Å². The molecule has 356 valence electrons. The summed E-state index contributed by atoms with van der Waals surface area (Å²) in [7, 11) is 3.20. The summed E-state index contributed by atoms with van der Waals surface area (Å²) in [5.74, 6) is -3.83.